The van der Waals surface area contributed by atoms with Crippen molar-refractivity contribution in [2.45, 2.75) is 58.8 Å². The van der Waals surface area contributed by atoms with Crippen molar-refractivity contribution in [3.05, 3.63) is 11.6 Å². The van der Waals surface area contributed by atoms with Crippen LogP contribution in [0.1, 0.15) is 58.8 Å². The van der Waals surface area contributed by atoms with Crippen molar-refractivity contribution >= 4 is 11.9 Å². The molecule has 20 heavy (non-hydrogen) atoms. The summed E-state index contributed by atoms with van der Waals surface area (Å²) >= 11 is 0. The van der Waals surface area contributed by atoms with Gasteiger partial charge in [-0.25, -0.2) is 0 Å². The monoisotopic (exact) mass is 282 g/mol. The Morgan fingerprint density at radius 2 is 1.90 bits per heavy atom. The third-order valence-corrected chi connectivity index (χ3v) is 3.60. The van der Waals surface area contributed by atoms with Gasteiger partial charge in [-0.3, -0.25) is 9.59 Å². The van der Waals surface area contributed by atoms with Crippen LogP contribution in [0.15, 0.2) is 11.6 Å². The molecule has 1 N–H and O–H groups in total. The Labute approximate surface area is 121 Å². The van der Waals surface area contributed by atoms with Crippen LogP contribution in [0.3, 0.4) is 0 Å². The summed E-state index contributed by atoms with van der Waals surface area (Å²) in [5.41, 5.74) is 1.36. The predicted octanol–water partition coefficient (Wildman–Crippen LogP) is 3.56. The molecule has 0 aromatic rings. The number of allylic oxidation sites excluding steroid dienone is 1. The first-order valence-corrected chi connectivity index (χ1v) is 7.55. The minimum atomic E-state index is -0.946. The van der Waals surface area contributed by atoms with E-state index in [1.165, 1.54) is 24.8 Å². The first-order chi connectivity index (χ1) is 9.49. The molecule has 1 saturated carbocycles. The molecule has 1 fully saturated rings. The van der Waals surface area contributed by atoms with Crippen LogP contribution < -0.4 is 0 Å². The van der Waals surface area contributed by atoms with Gasteiger partial charge in [0.15, 0.2) is 0 Å². The van der Waals surface area contributed by atoms with Crippen molar-refractivity contribution in [3.63, 3.8) is 0 Å². The minimum absolute atomic E-state index is 0.145. The molecule has 0 bridgehead atoms. The lowest BCUT2D eigenvalue weighted by atomic mass is 9.94. The molecule has 114 valence electrons. The van der Waals surface area contributed by atoms with Gasteiger partial charge in [0, 0.05) is 0 Å². The van der Waals surface area contributed by atoms with Crippen molar-refractivity contribution in [2.24, 2.45) is 11.8 Å². The zero-order valence-electron chi connectivity index (χ0n) is 12.6. The van der Waals surface area contributed by atoms with Gasteiger partial charge in [0.2, 0.25) is 0 Å². The standard InChI is InChI=1S/C16H26O4/c1-12(2)10-14(11-15(17)18)16(19)20-9-8-13-6-4-3-5-7-13/h8,12,14H,3-7,9-11H2,1-2H3,(H,17,18)/t14-/m0/s1. The van der Waals surface area contributed by atoms with Gasteiger partial charge >= 0.3 is 11.9 Å². The predicted molar refractivity (Wildman–Crippen MR) is 77.3 cm³/mol. The van der Waals surface area contributed by atoms with Crippen LogP contribution >= 0.6 is 0 Å². The fourth-order valence-corrected chi connectivity index (χ4v) is 2.61. The number of aliphatic carboxylic acids is 1. The summed E-state index contributed by atoms with van der Waals surface area (Å²) in [6.07, 6.45) is 8.32. The van der Waals surface area contributed by atoms with Crippen molar-refractivity contribution in [1.29, 1.82) is 0 Å². The van der Waals surface area contributed by atoms with Crippen LogP contribution in [0, 0.1) is 11.8 Å². The van der Waals surface area contributed by atoms with Gasteiger partial charge in [-0.1, -0.05) is 25.8 Å². The summed E-state index contributed by atoms with van der Waals surface area (Å²) in [6.45, 7) is 4.24. The third kappa shape index (κ3) is 6.73. The maximum Gasteiger partial charge on any atom is 0.309 e. The summed E-state index contributed by atoms with van der Waals surface area (Å²) < 4.78 is 5.23. The number of carbonyl (C=O) groups is 2. The highest BCUT2D eigenvalue weighted by Gasteiger charge is 2.24. The number of carboxylic acids is 1. The van der Waals surface area contributed by atoms with Crippen LogP contribution in [-0.4, -0.2) is 23.7 Å². The molecule has 0 heterocycles. The molecule has 0 aromatic heterocycles. The smallest absolute Gasteiger partial charge is 0.309 e. The lowest BCUT2D eigenvalue weighted by Crippen LogP contribution is -2.22. The molecule has 0 unspecified atom stereocenters. The highest BCUT2D eigenvalue weighted by Crippen LogP contribution is 2.22. The Balaban J connectivity index is 2.42. The number of ether oxygens (including phenoxy) is 1. The van der Waals surface area contributed by atoms with Crippen LogP contribution in [0.5, 0.6) is 0 Å². The number of hydrogen-bond acceptors (Lipinski definition) is 3. The molecule has 0 aromatic carbocycles. The van der Waals surface area contributed by atoms with Gasteiger partial charge in [0.25, 0.3) is 0 Å². The molecule has 4 nitrogen and oxygen atoms in total. The maximum absolute atomic E-state index is 11.9. The number of rotatable bonds is 7. The molecular weight excluding hydrogens is 256 g/mol. The van der Waals surface area contributed by atoms with Crippen LogP contribution in [-0.2, 0) is 14.3 Å². The molecule has 0 amide bonds. The Hall–Kier alpha value is -1.32. The van der Waals surface area contributed by atoms with E-state index in [0.717, 1.165) is 12.8 Å². The Bertz CT molecular complexity index is 349. The Morgan fingerprint density at radius 1 is 1.25 bits per heavy atom. The fourth-order valence-electron chi connectivity index (χ4n) is 2.61. The SMILES string of the molecule is CC(C)C[C@@H](CC(=O)O)C(=O)OCC=C1CCCCC1. The molecule has 1 atom stereocenters. The molecule has 1 aliphatic carbocycles. The van der Waals surface area contributed by atoms with Crippen molar-refractivity contribution in [1.82, 2.24) is 0 Å². The van der Waals surface area contributed by atoms with Crippen molar-refractivity contribution in [2.75, 3.05) is 6.61 Å². The number of carbonyl (C=O) groups excluding carboxylic acids is 1. The molecule has 0 radical (unpaired) electrons. The van der Waals surface area contributed by atoms with Gasteiger partial charge in [-0.15, -0.1) is 0 Å². The molecule has 4 heteroatoms. The Morgan fingerprint density at radius 3 is 2.45 bits per heavy atom. The normalized spacial score (nSPS) is 16.9. The Kier molecular flexibility index (Phi) is 7.34. The highest BCUT2D eigenvalue weighted by molar-refractivity contribution is 5.79. The van der Waals surface area contributed by atoms with Gasteiger partial charge in [-0.05, 0) is 44.1 Å². The van der Waals surface area contributed by atoms with Crippen LogP contribution in [0.2, 0.25) is 0 Å². The average Bonchev–Trinajstić information content (AvgIpc) is 2.38. The van der Waals surface area contributed by atoms with E-state index in [1.807, 2.05) is 19.9 Å². The van der Waals surface area contributed by atoms with Crippen LogP contribution in [0.25, 0.3) is 0 Å². The molecule has 0 aliphatic heterocycles. The summed E-state index contributed by atoms with van der Waals surface area (Å²) in [6, 6.07) is 0. The summed E-state index contributed by atoms with van der Waals surface area (Å²) in [7, 11) is 0. The lowest BCUT2D eigenvalue weighted by molar-refractivity contribution is -0.152. The topological polar surface area (TPSA) is 63.6 Å². The zero-order chi connectivity index (χ0) is 15.0. The van der Waals surface area contributed by atoms with Crippen molar-refractivity contribution < 1.29 is 19.4 Å². The summed E-state index contributed by atoms with van der Waals surface area (Å²) in [5, 5.41) is 8.86. The van der Waals surface area contributed by atoms with E-state index < -0.39 is 11.9 Å². The van der Waals surface area contributed by atoms with E-state index in [1.54, 1.807) is 0 Å². The third-order valence-electron chi connectivity index (χ3n) is 3.60. The van der Waals surface area contributed by atoms with Gasteiger partial charge < -0.3 is 9.84 Å². The molecule has 0 spiro atoms. The molecule has 1 aliphatic rings. The molecule has 1 rings (SSSR count). The van der Waals surface area contributed by atoms with E-state index >= 15 is 0 Å². The van der Waals surface area contributed by atoms with E-state index in [0.29, 0.717) is 6.42 Å². The van der Waals surface area contributed by atoms with E-state index in [-0.39, 0.29) is 24.9 Å². The number of esters is 1. The second-order valence-corrected chi connectivity index (χ2v) is 5.98. The number of hydrogen-bond donors (Lipinski definition) is 1. The fraction of sp³-hybridized carbons (Fsp3) is 0.750. The zero-order valence-corrected chi connectivity index (χ0v) is 12.6. The van der Waals surface area contributed by atoms with E-state index in [2.05, 4.69) is 0 Å². The maximum atomic E-state index is 11.9. The van der Waals surface area contributed by atoms with E-state index in [4.69, 9.17) is 9.84 Å². The first kappa shape index (κ1) is 16.7. The van der Waals surface area contributed by atoms with E-state index in [9.17, 15) is 9.59 Å². The summed E-state index contributed by atoms with van der Waals surface area (Å²) in [4.78, 5) is 22.7. The van der Waals surface area contributed by atoms with Crippen LogP contribution in [0.4, 0.5) is 0 Å². The highest BCUT2D eigenvalue weighted by atomic mass is 16.5. The van der Waals surface area contributed by atoms with Gasteiger partial charge in [0.1, 0.15) is 6.61 Å². The molecular formula is C16H26O4. The van der Waals surface area contributed by atoms with Gasteiger partial charge in [-0.2, -0.15) is 0 Å². The van der Waals surface area contributed by atoms with Gasteiger partial charge in [0.05, 0.1) is 12.3 Å². The average molecular weight is 282 g/mol. The van der Waals surface area contributed by atoms with Crippen molar-refractivity contribution in [3.8, 4) is 0 Å². The number of carboxylic acid groups (broad SMARTS) is 1. The largest absolute Gasteiger partial charge is 0.481 e. The second kappa shape index (κ2) is 8.77. The lowest BCUT2D eigenvalue weighted by Gasteiger charge is -2.16. The summed E-state index contributed by atoms with van der Waals surface area (Å²) in [5.74, 6) is -1.58. The first-order valence-electron chi connectivity index (χ1n) is 7.55. The minimum Gasteiger partial charge on any atom is -0.481 e. The quantitative estimate of drug-likeness (QED) is 0.573. The molecule has 0 saturated heterocycles. The second-order valence-electron chi connectivity index (χ2n) is 5.98.